The van der Waals surface area contributed by atoms with Gasteiger partial charge in [-0.1, -0.05) is 27.0 Å². The number of hydrogen-bond acceptors (Lipinski definition) is 7. The van der Waals surface area contributed by atoms with Crippen molar-refractivity contribution in [2.24, 2.45) is 16.7 Å². The van der Waals surface area contributed by atoms with Gasteiger partial charge in [-0.3, -0.25) is 30.0 Å². The molecule has 10 heteroatoms. The van der Waals surface area contributed by atoms with Gasteiger partial charge in [0.1, 0.15) is 5.78 Å². The maximum atomic E-state index is 12.9. The minimum Gasteiger partial charge on any atom is -0.299 e. The summed E-state index contributed by atoms with van der Waals surface area (Å²) in [6, 6.07) is 0. The minimum absolute atomic E-state index is 0.00525. The highest BCUT2D eigenvalue weighted by atomic mass is 32.3. The Morgan fingerprint density at radius 3 is 1.88 bits per heavy atom. The average Bonchev–Trinajstić information content (AvgIpc) is 2.79. The molecule has 2 unspecified atom stereocenters. The topological polar surface area (TPSA) is 119 Å². The summed E-state index contributed by atoms with van der Waals surface area (Å²) in [6.45, 7) is 9.54. The van der Waals surface area contributed by atoms with Crippen molar-refractivity contribution < 1.29 is 30.0 Å². The van der Waals surface area contributed by atoms with Crippen molar-refractivity contribution in [3.8, 4) is 0 Å². The molecule has 2 aliphatic carbocycles. The molecule has 2 saturated carbocycles. The van der Waals surface area contributed by atoms with Gasteiger partial charge in [0.2, 0.25) is 0 Å². The van der Waals surface area contributed by atoms with Crippen LogP contribution in [0, 0.1) is 20.7 Å². The van der Waals surface area contributed by atoms with Gasteiger partial charge < -0.3 is 0 Å². The molecule has 2 atom stereocenters. The predicted molar refractivity (Wildman–Crippen MR) is 93.8 cm³/mol. The van der Waals surface area contributed by atoms with Crippen LogP contribution in [-0.2, 0) is 34.3 Å². The zero-order valence-corrected chi connectivity index (χ0v) is 16.5. The van der Waals surface area contributed by atoms with Crippen LogP contribution in [0.2, 0.25) is 0 Å². The Morgan fingerprint density at radius 1 is 1.08 bits per heavy atom. The summed E-state index contributed by atoms with van der Waals surface area (Å²) >= 11 is 0. The van der Waals surface area contributed by atoms with Crippen LogP contribution in [0.4, 0.5) is 0 Å². The molecule has 0 aromatic carbocycles. The number of ketones is 1. The average molecular weight is 410 g/mol. The van der Waals surface area contributed by atoms with E-state index in [1.807, 2.05) is 0 Å². The van der Waals surface area contributed by atoms with Crippen LogP contribution in [0.5, 0.6) is 0 Å². The van der Waals surface area contributed by atoms with Gasteiger partial charge in [0.05, 0.1) is 33.4 Å². The monoisotopic (exact) mass is 409 g/mol. The van der Waals surface area contributed by atoms with E-state index in [4.69, 9.17) is 0 Å². The Bertz CT molecular complexity index is 901. The minimum atomic E-state index is -4.82. The molecule has 0 N–H and O–H groups in total. The molecule has 0 spiro atoms. The number of hydrogen-bond donors (Lipinski definition) is 0. The van der Waals surface area contributed by atoms with E-state index in [9.17, 15) is 30.0 Å². The first-order valence-corrected chi connectivity index (χ1v) is 12.3. The molecule has 0 amide bonds. The van der Waals surface area contributed by atoms with E-state index in [0.29, 0.717) is 6.42 Å². The SMILES string of the molecule is C=CS(=O)(=O)[C-](S(=O)(=O)C=C)S(=O)(=O)CC12CCC(CC1=O)C2(C)C. The molecule has 2 fully saturated rings. The molecule has 0 saturated heterocycles. The molecule has 0 aromatic heterocycles. The maximum Gasteiger partial charge on any atom is 0.140 e. The Hall–Kier alpha value is -1.00. The molecule has 25 heavy (non-hydrogen) atoms. The number of rotatable bonds is 7. The van der Waals surface area contributed by atoms with Crippen molar-refractivity contribution in [2.75, 3.05) is 5.75 Å². The predicted octanol–water partition coefficient (Wildman–Crippen LogP) is 1.36. The van der Waals surface area contributed by atoms with Crippen LogP contribution in [0.1, 0.15) is 33.1 Å². The van der Waals surface area contributed by atoms with Gasteiger partial charge in [0, 0.05) is 17.6 Å². The zero-order chi connectivity index (χ0) is 19.5. The maximum absolute atomic E-state index is 12.9. The van der Waals surface area contributed by atoms with E-state index < -0.39 is 50.0 Å². The summed E-state index contributed by atoms with van der Waals surface area (Å²) in [5, 5.41) is 0.551. The molecule has 2 aliphatic rings. The third-order valence-corrected chi connectivity index (χ3v) is 13.2. The lowest BCUT2D eigenvalue weighted by molar-refractivity contribution is -0.128. The summed E-state index contributed by atoms with van der Waals surface area (Å²) in [5.41, 5.74) is -1.94. The van der Waals surface area contributed by atoms with Crippen molar-refractivity contribution in [1.82, 2.24) is 0 Å². The molecule has 0 aromatic rings. The van der Waals surface area contributed by atoms with Gasteiger partial charge in [-0.2, -0.15) is 0 Å². The molecule has 2 rings (SSSR count). The number of carbonyl (C=O) groups excluding carboxylic acids is 1. The van der Waals surface area contributed by atoms with Gasteiger partial charge in [-0.05, 0) is 35.0 Å². The number of carbonyl (C=O) groups is 1. The third-order valence-electron chi connectivity index (χ3n) is 5.73. The van der Waals surface area contributed by atoms with Crippen molar-refractivity contribution in [3.63, 3.8) is 0 Å². The molecule has 0 radical (unpaired) electrons. The summed E-state index contributed by atoms with van der Waals surface area (Å²) in [7, 11) is -14.4. The largest absolute Gasteiger partial charge is 0.299 e. The molecule has 0 aliphatic heterocycles. The number of fused-ring (bicyclic) bond motifs is 2. The molecule has 7 nitrogen and oxygen atoms in total. The standard InChI is InChI=1S/C15H21O7S3/c1-5-23(17,18)13(24(19,20)6-2)25(21,22)10-15-8-7-11(9-12(15)16)14(15,3)4/h5-6,11H,1-2,7-10H2,3-4H3/q-1. The smallest absolute Gasteiger partial charge is 0.140 e. The van der Waals surface area contributed by atoms with Crippen LogP contribution in [-0.4, -0.2) is 36.8 Å². The van der Waals surface area contributed by atoms with E-state index >= 15 is 0 Å². The van der Waals surface area contributed by atoms with E-state index in [1.165, 1.54) is 0 Å². The van der Waals surface area contributed by atoms with Gasteiger partial charge in [-0.25, -0.2) is 0 Å². The van der Waals surface area contributed by atoms with Crippen LogP contribution >= 0.6 is 0 Å². The number of sulfone groups is 3. The normalized spacial score (nSPS) is 29.1. The third kappa shape index (κ3) is 2.82. The van der Waals surface area contributed by atoms with Crippen molar-refractivity contribution in [2.45, 2.75) is 33.1 Å². The van der Waals surface area contributed by atoms with Gasteiger partial charge in [-0.15, -0.1) is 0 Å². The summed E-state index contributed by atoms with van der Waals surface area (Å²) in [6.07, 6.45) is 1.16. The van der Waals surface area contributed by atoms with Crippen LogP contribution in [0.25, 0.3) is 0 Å². The Kier molecular flexibility index (Phi) is 4.67. The fraction of sp³-hybridized carbons (Fsp3) is 0.600. The highest BCUT2D eigenvalue weighted by Gasteiger charge is 2.65. The molecule has 2 bridgehead atoms. The van der Waals surface area contributed by atoms with Crippen LogP contribution in [0.3, 0.4) is 0 Å². The fourth-order valence-corrected chi connectivity index (χ4v) is 11.2. The summed E-state index contributed by atoms with van der Waals surface area (Å²) in [4.78, 5) is 12.5. The van der Waals surface area contributed by atoms with E-state index in [-0.39, 0.29) is 35.4 Å². The van der Waals surface area contributed by atoms with Crippen molar-refractivity contribution >= 4 is 35.3 Å². The van der Waals surface area contributed by atoms with E-state index in [0.717, 1.165) is 0 Å². The molecular formula is C15H21O7S3-. The quantitative estimate of drug-likeness (QED) is 0.582. The highest BCUT2D eigenvalue weighted by Crippen LogP contribution is 2.64. The first kappa shape index (κ1) is 20.3. The van der Waals surface area contributed by atoms with E-state index in [1.54, 1.807) is 13.8 Å². The Labute approximate surface area is 148 Å². The number of Topliss-reactive ketones (excluding diaryl/α,β-unsaturated/α-hetero) is 1. The molecular weight excluding hydrogens is 388 g/mol. The molecule has 142 valence electrons. The first-order chi connectivity index (χ1) is 11.2. The van der Waals surface area contributed by atoms with Crippen LogP contribution < -0.4 is 0 Å². The second kappa shape index (κ2) is 5.75. The summed E-state index contributed by atoms with van der Waals surface area (Å²) < 4.78 is 72.6. The lowest BCUT2D eigenvalue weighted by Crippen LogP contribution is -2.44. The van der Waals surface area contributed by atoms with Gasteiger partial charge >= 0.3 is 0 Å². The Morgan fingerprint density at radius 2 is 1.56 bits per heavy atom. The van der Waals surface area contributed by atoms with Gasteiger partial charge in [0.25, 0.3) is 0 Å². The van der Waals surface area contributed by atoms with Crippen molar-refractivity contribution in [3.05, 3.63) is 27.9 Å². The van der Waals surface area contributed by atoms with E-state index in [2.05, 4.69) is 13.2 Å². The second-order valence-corrected chi connectivity index (χ2v) is 13.5. The zero-order valence-electron chi connectivity index (χ0n) is 14.1. The van der Waals surface area contributed by atoms with Crippen molar-refractivity contribution in [1.29, 1.82) is 0 Å². The fourth-order valence-electron chi connectivity index (χ4n) is 4.14. The van der Waals surface area contributed by atoms with Gasteiger partial charge in [0.15, 0.2) is 0 Å². The second-order valence-electron chi connectivity index (χ2n) is 7.10. The van der Waals surface area contributed by atoms with Crippen LogP contribution in [0.15, 0.2) is 24.0 Å². The summed E-state index contributed by atoms with van der Waals surface area (Å²) in [5.74, 6) is -1.10. The lowest BCUT2D eigenvalue weighted by Gasteiger charge is -2.39. The first-order valence-electron chi connectivity index (χ1n) is 7.56. The Balaban J connectivity index is 2.62. The lowest BCUT2D eigenvalue weighted by atomic mass is 9.70. The molecule has 0 heterocycles. The highest BCUT2D eigenvalue weighted by molar-refractivity contribution is 8.30.